The van der Waals surface area contributed by atoms with E-state index in [0.717, 1.165) is 38.5 Å². The van der Waals surface area contributed by atoms with Crippen LogP contribution in [-0.2, 0) is 4.79 Å². The van der Waals surface area contributed by atoms with Crippen molar-refractivity contribution in [2.24, 2.45) is 11.7 Å². The molecule has 1 unspecified atom stereocenters. The summed E-state index contributed by atoms with van der Waals surface area (Å²) >= 11 is 0. The van der Waals surface area contributed by atoms with E-state index in [-0.39, 0.29) is 11.8 Å². The molecule has 0 saturated carbocycles. The van der Waals surface area contributed by atoms with Gasteiger partial charge in [-0.15, -0.1) is 0 Å². The van der Waals surface area contributed by atoms with Crippen molar-refractivity contribution >= 4 is 5.91 Å². The van der Waals surface area contributed by atoms with Crippen LogP contribution in [-0.4, -0.2) is 5.91 Å². The van der Waals surface area contributed by atoms with E-state index in [0.29, 0.717) is 0 Å². The van der Waals surface area contributed by atoms with Gasteiger partial charge in [-0.25, -0.2) is 0 Å². The molecule has 0 saturated heterocycles. The highest BCUT2D eigenvalue weighted by molar-refractivity contribution is 5.76. The monoisotopic (exact) mass is 331 g/mol. The third kappa shape index (κ3) is 15.3. The number of rotatable bonds is 15. The largest absolute Gasteiger partial charge is 0.369 e. The van der Waals surface area contributed by atoms with Gasteiger partial charge in [-0.05, 0) is 51.4 Å². The lowest BCUT2D eigenvalue weighted by atomic mass is 10.00. The lowest BCUT2D eigenvalue weighted by molar-refractivity contribution is -0.122. The van der Waals surface area contributed by atoms with Crippen molar-refractivity contribution in [2.45, 2.75) is 78.1 Å². The average molecular weight is 332 g/mol. The molecule has 0 spiro atoms. The van der Waals surface area contributed by atoms with Gasteiger partial charge in [0.2, 0.25) is 5.91 Å². The summed E-state index contributed by atoms with van der Waals surface area (Å²) < 4.78 is 0. The number of carbonyl (C=O) groups excluding carboxylic acids is 1. The Labute approximate surface area is 149 Å². The van der Waals surface area contributed by atoms with Gasteiger partial charge in [0, 0.05) is 5.92 Å². The van der Waals surface area contributed by atoms with E-state index in [4.69, 9.17) is 5.73 Å². The van der Waals surface area contributed by atoms with Gasteiger partial charge in [0.15, 0.2) is 0 Å². The molecule has 2 nitrogen and oxygen atoms in total. The van der Waals surface area contributed by atoms with Crippen LogP contribution in [0.2, 0.25) is 0 Å². The smallest absolute Gasteiger partial charge is 0.220 e. The maximum atomic E-state index is 11.1. The van der Waals surface area contributed by atoms with Crippen molar-refractivity contribution in [1.82, 2.24) is 0 Å². The highest BCUT2D eigenvalue weighted by Crippen LogP contribution is 2.10. The topological polar surface area (TPSA) is 43.1 Å². The summed E-state index contributed by atoms with van der Waals surface area (Å²) in [5.41, 5.74) is 5.33. The molecular formula is C22H37NO. The molecule has 0 aliphatic heterocycles. The van der Waals surface area contributed by atoms with Gasteiger partial charge in [-0.1, -0.05) is 75.3 Å². The summed E-state index contributed by atoms with van der Waals surface area (Å²) in [5.74, 6) is -0.149. The number of amides is 1. The molecule has 0 aliphatic carbocycles. The first-order valence-corrected chi connectivity index (χ1v) is 9.61. The van der Waals surface area contributed by atoms with Gasteiger partial charge in [0.1, 0.15) is 0 Å². The van der Waals surface area contributed by atoms with E-state index >= 15 is 0 Å². The molecule has 1 amide bonds. The molecule has 0 fully saturated rings. The SMILES string of the molecule is CCCCC/C=C\C/C=C\C/C=C\C/C=C\CCC(CC)C(N)=O. The van der Waals surface area contributed by atoms with E-state index < -0.39 is 0 Å². The van der Waals surface area contributed by atoms with Crippen LogP contribution in [0.3, 0.4) is 0 Å². The number of hydrogen-bond donors (Lipinski definition) is 1. The van der Waals surface area contributed by atoms with Crippen LogP contribution in [0.25, 0.3) is 0 Å². The number of hydrogen-bond acceptors (Lipinski definition) is 1. The van der Waals surface area contributed by atoms with Crippen molar-refractivity contribution in [1.29, 1.82) is 0 Å². The molecule has 2 heteroatoms. The van der Waals surface area contributed by atoms with Crippen LogP contribution < -0.4 is 5.73 Å². The highest BCUT2D eigenvalue weighted by Gasteiger charge is 2.10. The van der Waals surface area contributed by atoms with Crippen LogP contribution >= 0.6 is 0 Å². The fourth-order valence-electron chi connectivity index (χ4n) is 2.41. The second kappa shape index (κ2) is 17.8. The van der Waals surface area contributed by atoms with Gasteiger partial charge in [0.25, 0.3) is 0 Å². The fourth-order valence-corrected chi connectivity index (χ4v) is 2.41. The van der Waals surface area contributed by atoms with Crippen LogP contribution in [0.1, 0.15) is 78.1 Å². The summed E-state index contributed by atoms with van der Waals surface area (Å²) in [4.78, 5) is 11.1. The third-order valence-electron chi connectivity index (χ3n) is 4.03. The lowest BCUT2D eigenvalue weighted by Gasteiger charge is -2.07. The fraction of sp³-hybridized carbons (Fsp3) is 0.591. The molecule has 0 rings (SSSR count). The summed E-state index contributed by atoms with van der Waals surface area (Å²) in [6.07, 6.45) is 28.5. The standard InChI is InChI=1S/C22H37NO/c1-3-5-6-7-8-9-10-11-12-13-14-15-16-17-18-19-20-21(4-2)22(23)24/h8-9,11-12,14-15,17-18,21H,3-7,10,13,16,19-20H2,1-2H3,(H2,23,24)/b9-8-,12-11-,15-14-,18-17-. The molecule has 0 aromatic heterocycles. The number of carbonyl (C=O) groups is 1. The Hall–Kier alpha value is -1.57. The summed E-state index contributed by atoms with van der Waals surface area (Å²) in [5, 5.41) is 0. The minimum Gasteiger partial charge on any atom is -0.369 e. The predicted molar refractivity (Wildman–Crippen MR) is 107 cm³/mol. The predicted octanol–water partition coefficient (Wildman–Crippen LogP) is 6.25. The number of allylic oxidation sites excluding steroid dienone is 8. The number of nitrogens with two attached hydrogens (primary N) is 1. The lowest BCUT2D eigenvalue weighted by Crippen LogP contribution is -2.22. The zero-order valence-corrected chi connectivity index (χ0v) is 15.8. The molecule has 0 aliphatic rings. The first-order valence-electron chi connectivity index (χ1n) is 9.61. The van der Waals surface area contributed by atoms with Crippen LogP contribution in [0.15, 0.2) is 48.6 Å². The second-order valence-corrected chi connectivity index (χ2v) is 6.17. The maximum absolute atomic E-state index is 11.1. The van der Waals surface area contributed by atoms with Crippen LogP contribution in [0.5, 0.6) is 0 Å². The van der Waals surface area contributed by atoms with Gasteiger partial charge >= 0.3 is 0 Å². The highest BCUT2D eigenvalue weighted by atomic mass is 16.1. The molecule has 136 valence electrons. The quantitative estimate of drug-likeness (QED) is 0.279. The first-order chi connectivity index (χ1) is 11.7. The minimum absolute atomic E-state index is 0.0241. The summed E-state index contributed by atoms with van der Waals surface area (Å²) in [6, 6.07) is 0. The molecule has 0 heterocycles. The van der Waals surface area contributed by atoms with Crippen molar-refractivity contribution < 1.29 is 4.79 Å². The van der Waals surface area contributed by atoms with Crippen molar-refractivity contribution in [3.8, 4) is 0 Å². The number of primary amides is 1. The minimum atomic E-state index is -0.173. The second-order valence-electron chi connectivity index (χ2n) is 6.17. The number of unbranched alkanes of at least 4 members (excludes halogenated alkanes) is 3. The van der Waals surface area contributed by atoms with E-state index in [1.165, 1.54) is 25.7 Å². The molecule has 1 atom stereocenters. The molecule has 0 aromatic carbocycles. The molecule has 0 bridgehead atoms. The Bertz CT molecular complexity index is 404. The van der Waals surface area contributed by atoms with Gasteiger partial charge in [-0.3, -0.25) is 4.79 Å². The van der Waals surface area contributed by atoms with Gasteiger partial charge < -0.3 is 5.73 Å². The molecule has 2 N–H and O–H groups in total. The Morgan fingerprint density at radius 1 is 0.792 bits per heavy atom. The Kier molecular flexibility index (Phi) is 16.6. The van der Waals surface area contributed by atoms with Crippen LogP contribution in [0, 0.1) is 5.92 Å². The van der Waals surface area contributed by atoms with Gasteiger partial charge in [0.05, 0.1) is 0 Å². The zero-order chi connectivity index (χ0) is 17.9. The van der Waals surface area contributed by atoms with Crippen LogP contribution in [0.4, 0.5) is 0 Å². The van der Waals surface area contributed by atoms with Crippen molar-refractivity contribution in [2.75, 3.05) is 0 Å². The molecule has 24 heavy (non-hydrogen) atoms. The van der Waals surface area contributed by atoms with Gasteiger partial charge in [-0.2, -0.15) is 0 Å². The van der Waals surface area contributed by atoms with E-state index in [1.54, 1.807) is 0 Å². The molecule has 0 radical (unpaired) electrons. The maximum Gasteiger partial charge on any atom is 0.220 e. The summed E-state index contributed by atoms with van der Waals surface area (Å²) in [7, 11) is 0. The molecular weight excluding hydrogens is 294 g/mol. The first kappa shape index (κ1) is 22.4. The average Bonchev–Trinajstić information content (AvgIpc) is 2.57. The Morgan fingerprint density at radius 3 is 1.75 bits per heavy atom. The summed E-state index contributed by atoms with van der Waals surface area (Å²) in [6.45, 7) is 4.25. The Morgan fingerprint density at radius 2 is 1.29 bits per heavy atom. The molecule has 0 aromatic rings. The Balaban J connectivity index is 3.56. The van der Waals surface area contributed by atoms with Crippen molar-refractivity contribution in [3.05, 3.63) is 48.6 Å². The van der Waals surface area contributed by atoms with E-state index in [2.05, 4.69) is 55.5 Å². The third-order valence-corrected chi connectivity index (χ3v) is 4.03. The normalized spacial score (nSPS) is 13.8. The zero-order valence-electron chi connectivity index (χ0n) is 15.8. The van der Waals surface area contributed by atoms with Crippen molar-refractivity contribution in [3.63, 3.8) is 0 Å². The van der Waals surface area contributed by atoms with E-state index in [1.807, 2.05) is 6.92 Å². The van der Waals surface area contributed by atoms with E-state index in [9.17, 15) is 4.79 Å².